The van der Waals surface area contributed by atoms with Crippen LogP contribution in [0.15, 0.2) is 12.7 Å². The van der Waals surface area contributed by atoms with Crippen molar-refractivity contribution in [1.82, 2.24) is 10.2 Å². The molecule has 8 nitrogen and oxygen atoms in total. The van der Waals surface area contributed by atoms with Crippen LogP contribution in [-0.4, -0.2) is 64.4 Å². The van der Waals surface area contributed by atoms with Crippen LogP contribution < -0.4 is 5.32 Å². The van der Waals surface area contributed by atoms with Gasteiger partial charge in [-0.05, 0) is 34.1 Å². The molecular weight excluding hydrogens is 340 g/mol. The predicted octanol–water partition coefficient (Wildman–Crippen LogP) is 0.981. The van der Waals surface area contributed by atoms with E-state index < -0.39 is 41.3 Å². The molecule has 8 heteroatoms. The molecule has 2 aliphatic rings. The SMILES string of the molecule is C=C[C@@H]1C[C@]1(NC(=O)C1CC(O)CN1C(=O)OC(C)(C)C)C(=O)OCC. The summed E-state index contributed by atoms with van der Waals surface area (Å²) in [4.78, 5) is 38.6. The third-order valence-electron chi connectivity index (χ3n) is 4.49. The molecule has 4 atom stereocenters. The summed E-state index contributed by atoms with van der Waals surface area (Å²) in [6.07, 6.45) is 0.597. The third kappa shape index (κ3) is 4.17. The van der Waals surface area contributed by atoms with Crippen molar-refractivity contribution in [2.75, 3.05) is 13.2 Å². The van der Waals surface area contributed by atoms with Crippen LogP contribution in [0.2, 0.25) is 0 Å². The van der Waals surface area contributed by atoms with Crippen molar-refractivity contribution < 1.29 is 29.0 Å². The number of likely N-dealkylation sites (tertiary alicyclic amines) is 1. The molecule has 1 saturated carbocycles. The average molecular weight is 368 g/mol. The minimum Gasteiger partial charge on any atom is -0.464 e. The standard InChI is InChI=1S/C18H28N2O6/c1-6-11-9-18(11,15(23)25-7-2)19-14(22)13-8-12(21)10-20(13)16(24)26-17(3,4)5/h6,11-13,21H,1,7-10H2,2-5H3,(H,19,22)/t11-,12?,13?,18-/m1/s1. The Morgan fingerprint density at radius 3 is 2.54 bits per heavy atom. The molecule has 2 N–H and O–H groups in total. The Kier molecular flexibility index (Phi) is 5.65. The average Bonchev–Trinajstić information content (AvgIpc) is 3.09. The largest absolute Gasteiger partial charge is 0.464 e. The van der Waals surface area contributed by atoms with Gasteiger partial charge in [0, 0.05) is 12.3 Å². The third-order valence-corrected chi connectivity index (χ3v) is 4.49. The van der Waals surface area contributed by atoms with Gasteiger partial charge >= 0.3 is 12.1 Å². The van der Waals surface area contributed by atoms with Gasteiger partial charge < -0.3 is 19.9 Å². The molecule has 1 heterocycles. The number of aliphatic hydroxyl groups is 1. The monoisotopic (exact) mass is 368 g/mol. The molecule has 2 fully saturated rings. The van der Waals surface area contributed by atoms with Crippen molar-refractivity contribution in [3.63, 3.8) is 0 Å². The number of carbonyl (C=O) groups is 3. The fourth-order valence-corrected chi connectivity index (χ4v) is 3.15. The second kappa shape index (κ2) is 7.26. The first-order valence-corrected chi connectivity index (χ1v) is 8.83. The van der Waals surface area contributed by atoms with E-state index in [4.69, 9.17) is 9.47 Å². The maximum absolute atomic E-state index is 12.8. The highest BCUT2D eigenvalue weighted by molar-refractivity contribution is 5.95. The number of hydrogen-bond donors (Lipinski definition) is 2. The van der Waals surface area contributed by atoms with Crippen molar-refractivity contribution in [2.24, 2.45) is 5.92 Å². The Balaban J connectivity index is 2.12. The van der Waals surface area contributed by atoms with E-state index in [0.717, 1.165) is 0 Å². The van der Waals surface area contributed by atoms with Crippen LogP contribution in [0.5, 0.6) is 0 Å². The van der Waals surface area contributed by atoms with Crippen LogP contribution in [0.25, 0.3) is 0 Å². The summed E-state index contributed by atoms with van der Waals surface area (Å²) < 4.78 is 10.4. The van der Waals surface area contributed by atoms with Crippen molar-refractivity contribution in [1.29, 1.82) is 0 Å². The number of aliphatic hydroxyl groups excluding tert-OH is 1. The normalized spacial score (nSPS) is 30.5. The van der Waals surface area contributed by atoms with Gasteiger partial charge in [-0.2, -0.15) is 0 Å². The van der Waals surface area contributed by atoms with Gasteiger partial charge in [-0.15, -0.1) is 6.58 Å². The van der Waals surface area contributed by atoms with Gasteiger partial charge in [0.15, 0.2) is 0 Å². The smallest absolute Gasteiger partial charge is 0.411 e. The number of nitrogens with one attached hydrogen (secondary N) is 1. The molecule has 0 aromatic carbocycles. The Hall–Kier alpha value is -2.09. The minimum absolute atomic E-state index is 0.00426. The molecule has 146 valence electrons. The second-order valence-electron chi connectivity index (χ2n) is 7.77. The number of amides is 2. The van der Waals surface area contributed by atoms with Crippen LogP contribution in [0.3, 0.4) is 0 Å². The highest BCUT2D eigenvalue weighted by Gasteiger charge is 2.62. The Bertz CT molecular complexity index is 599. The van der Waals surface area contributed by atoms with Crippen molar-refractivity contribution in [3.05, 3.63) is 12.7 Å². The van der Waals surface area contributed by atoms with Crippen molar-refractivity contribution in [3.8, 4) is 0 Å². The van der Waals surface area contributed by atoms with Gasteiger partial charge in [0.25, 0.3) is 0 Å². The van der Waals surface area contributed by atoms with Gasteiger partial charge in [0.05, 0.1) is 19.3 Å². The maximum atomic E-state index is 12.8. The zero-order valence-corrected chi connectivity index (χ0v) is 15.8. The number of β-amino-alcohol motifs (C(OH)–C–C–N with tert-alkyl or cyclic N) is 1. The first kappa shape index (κ1) is 20.2. The summed E-state index contributed by atoms with van der Waals surface area (Å²) >= 11 is 0. The summed E-state index contributed by atoms with van der Waals surface area (Å²) in [7, 11) is 0. The van der Waals surface area contributed by atoms with Crippen LogP contribution in [-0.2, 0) is 19.1 Å². The molecule has 26 heavy (non-hydrogen) atoms. The number of rotatable bonds is 5. The fourth-order valence-electron chi connectivity index (χ4n) is 3.15. The molecule has 0 spiro atoms. The first-order chi connectivity index (χ1) is 12.0. The molecule has 0 bridgehead atoms. The lowest BCUT2D eigenvalue weighted by Crippen LogP contribution is -2.53. The van der Waals surface area contributed by atoms with Crippen LogP contribution in [0.1, 0.15) is 40.5 Å². The van der Waals surface area contributed by atoms with Crippen molar-refractivity contribution in [2.45, 2.75) is 63.8 Å². The number of hydrogen-bond acceptors (Lipinski definition) is 6. The van der Waals surface area contributed by atoms with Crippen molar-refractivity contribution >= 4 is 18.0 Å². The van der Waals surface area contributed by atoms with E-state index >= 15 is 0 Å². The predicted molar refractivity (Wildman–Crippen MR) is 93.2 cm³/mol. The summed E-state index contributed by atoms with van der Waals surface area (Å²) in [6.45, 7) is 10.7. The molecule has 2 rings (SSSR count). The number of esters is 1. The molecule has 1 saturated heterocycles. The molecule has 0 radical (unpaired) electrons. The lowest BCUT2D eigenvalue weighted by molar-refractivity contribution is -0.149. The zero-order chi connectivity index (χ0) is 19.7. The van der Waals surface area contributed by atoms with Crippen LogP contribution in [0.4, 0.5) is 4.79 Å². The minimum atomic E-state index is -1.14. The van der Waals surface area contributed by atoms with E-state index in [1.165, 1.54) is 4.90 Å². The lowest BCUT2D eigenvalue weighted by Gasteiger charge is -2.29. The Morgan fingerprint density at radius 2 is 2.04 bits per heavy atom. The summed E-state index contributed by atoms with van der Waals surface area (Å²) in [5.41, 5.74) is -1.86. The van der Waals surface area contributed by atoms with E-state index in [1.54, 1.807) is 33.8 Å². The molecule has 2 unspecified atom stereocenters. The molecule has 1 aliphatic carbocycles. The quantitative estimate of drug-likeness (QED) is 0.554. The number of ether oxygens (including phenoxy) is 2. The summed E-state index contributed by atoms with van der Waals surface area (Å²) in [6, 6.07) is -0.905. The van der Waals surface area contributed by atoms with Crippen LogP contribution >= 0.6 is 0 Å². The summed E-state index contributed by atoms with van der Waals surface area (Å²) in [5.74, 6) is -1.24. The first-order valence-electron chi connectivity index (χ1n) is 8.83. The Morgan fingerprint density at radius 1 is 1.38 bits per heavy atom. The van der Waals surface area contributed by atoms with E-state index in [1.807, 2.05) is 0 Å². The van der Waals surface area contributed by atoms with Gasteiger partial charge in [0.2, 0.25) is 5.91 Å². The van der Waals surface area contributed by atoms with E-state index in [2.05, 4.69) is 11.9 Å². The molecule has 2 amide bonds. The molecule has 1 aliphatic heterocycles. The van der Waals surface area contributed by atoms with E-state index in [0.29, 0.717) is 6.42 Å². The molecular formula is C18H28N2O6. The number of carbonyl (C=O) groups excluding carboxylic acids is 3. The fraction of sp³-hybridized carbons (Fsp3) is 0.722. The van der Waals surface area contributed by atoms with Gasteiger partial charge in [0.1, 0.15) is 17.2 Å². The van der Waals surface area contributed by atoms with E-state index in [9.17, 15) is 19.5 Å². The van der Waals surface area contributed by atoms with Gasteiger partial charge in [-0.3, -0.25) is 9.69 Å². The molecule has 0 aromatic heterocycles. The van der Waals surface area contributed by atoms with Crippen LogP contribution in [0, 0.1) is 5.92 Å². The summed E-state index contributed by atoms with van der Waals surface area (Å²) in [5, 5.41) is 12.7. The highest BCUT2D eigenvalue weighted by Crippen LogP contribution is 2.45. The lowest BCUT2D eigenvalue weighted by atomic mass is 10.1. The van der Waals surface area contributed by atoms with Gasteiger partial charge in [-0.25, -0.2) is 9.59 Å². The maximum Gasteiger partial charge on any atom is 0.411 e. The zero-order valence-electron chi connectivity index (χ0n) is 15.8. The van der Waals surface area contributed by atoms with E-state index in [-0.39, 0.29) is 25.5 Å². The highest BCUT2D eigenvalue weighted by atomic mass is 16.6. The number of nitrogens with zero attached hydrogens (tertiary/aromatic N) is 1. The Labute approximate surface area is 153 Å². The molecule has 0 aromatic rings. The second-order valence-corrected chi connectivity index (χ2v) is 7.77. The van der Waals surface area contributed by atoms with Gasteiger partial charge in [-0.1, -0.05) is 6.08 Å². The topological polar surface area (TPSA) is 105 Å².